The minimum absolute atomic E-state index is 0.0901. The summed E-state index contributed by atoms with van der Waals surface area (Å²) in [6.07, 6.45) is 3.78. The summed E-state index contributed by atoms with van der Waals surface area (Å²) >= 11 is 2.21. The minimum Gasteiger partial charge on any atom is -0.454 e. The maximum absolute atomic E-state index is 13.4. The number of hydrogen-bond acceptors (Lipinski definition) is 4. The molecule has 5 nitrogen and oxygen atoms in total. The van der Waals surface area contributed by atoms with Gasteiger partial charge < -0.3 is 9.47 Å². The predicted molar refractivity (Wildman–Crippen MR) is 126 cm³/mol. The van der Waals surface area contributed by atoms with E-state index in [1.165, 1.54) is 0 Å². The standard InChI is InChI=1S/C24H17IN2O3/c1-15-2-7-18(8-3-15)27-23(26-20-9-6-17(25)13-19(20)24(27)28)11-5-16-4-10-21-22(12-16)30-14-29-21/h2-13H,14H2,1H3/b11-5+. The third kappa shape index (κ3) is 3.47. The number of aryl methyl sites for hydroxylation is 1. The molecule has 0 unspecified atom stereocenters. The van der Waals surface area contributed by atoms with Crippen molar-refractivity contribution < 1.29 is 9.47 Å². The first-order chi connectivity index (χ1) is 14.6. The zero-order chi connectivity index (χ0) is 20.7. The summed E-state index contributed by atoms with van der Waals surface area (Å²) in [6, 6.07) is 19.3. The van der Waals surface area contributed by atoms with Crippen molar-refractivity contribution >= 4 is 45.6 Å². The Kier molecular flexibility index (Phi) is 4.78. The Morgan fingerprint density at radius 1 is 0.967 bits per heavy atom. The largest absolute Gasteiger partial charge is 0.454 e. The lowest BCUT2D eigenvalue weighted by molar-refractivity contribution is 0.174. The van der Waals surface area contributed by atoms with Crippen molar-refractivity contribution in [2.75, 3.05) is 6.79 Å². The quantitative estimate of drug-likeness (QED) is 0.357. The summed E-state index contributed by atoms with van der Waals surface area (Å²) in [4.78, 5) is 18.2. The van der Waals surface area contributed by atoms with Crippen molar-refractivity contribution in [3.63, 3.8) is 0 Å². The molecule has 3 aromatic carbocycles. The van der Waals surface area contributed by atoms with Crippen molar-refractivity contribution in [1.29, 1.82) is 0 Å². The van der Waals surface area contributed by atoms with E-state index in [4.69, 9.17) is 14.5 Å². The van der Waals surface area contributed by atoms with Crippen molar-refractivity contribution in [2.45, 2.75) is 6.92 Å². The molecular weight excluding hydrogens is 491 g/mol. The van der Waals surface area contributed by atoms with Gasteiger partial charge in [-0.15, -0.1) is 0 Å². The fourth-order valence-electron chi connectivity index (χ4n) is 3.42. The van der Waals surface area contributed by atoms with Crippen LogP contribution in [0, 0.1) is 10.5 Å². The Labute approximate surface area is 186 Å². The second-order valence-corrected chi connectivity index (χ2v) is 8.30. The smallest absolute Gasteiger partial charge is 0.266 e. The van der Waals surface area contributed by atoms with Gasteiger partial charge in [-0.1, -0.05) is 29.8 Å². The van der Waals surface area contributed by atoms with Gasteiger partial charge in [0.05, 0.1) is 16.6 Å². The summed E-state index contributed by atoms with van der Waals surface area (Å²) in [7, 11) is 0. The first kappa shape index (κ1) is 18.9. The molecule has 148 valence electrons. The van der Waals surface area contributed by atoms with Gasteiger partial charge in [0.15, 0.2) is 11.5 Å². The van der Waals surface area contributed by atoms with Crippen LogP contribution < -0.4 is 15.0 Å². The van der Waals surface area contributed by atoms with Crippen LogP contribution in [0.15, 0.2) is 65.5 Å². The molecule has 0 spiro atoms. The molecule has 0 saturated heterocycles. The van der Waals surface area contributed by atoms with Crippen LogP contribution in [0.4, 0.5) is 0 Å². The van der Waals surface area contributed by atoms with E-state index in [0.717, 1.165) is 26.1 Å². The Bertz CT molecular complexity index is 1360. The Balaban J connectivity index is 1.68. The van der Waals surface area contributed by atoms with Crippen molar-refractivity contribution in [3.05, 3.63) is 91.5 Å². The molecule has 5 rings (SSSR count). The number of hydrogen-bond donors (Lipinski definition) is 0. The van der Waals surface area contributed by atoms with Crippen LogP contribution >= 0.6 is 22.6 Å². The molecule has 0 bridgehead atoms. The number of halogens is 1. The van der Waals surface area contributed by atoms with Crippen LogP contribution in [-0.2, 0) is 0 Å². The van der Waals surface area contributed by atoms with Gasteiger partial charge in [-0.3, -0.25) is 9.36 Å². The highest BCUT2D eigenvalue weighted by atomic mass is 127. The molecule has 0 atom stereocenters. The van der Waals surface area contributed by atoms with Crippen molar-refractivity contribution in [3.8, 4) is 17.2 Å². The summed E-state index contributed by atoms with van der Waals surface area (Å²) in [5.41, 5.74) is 3.44. The number of nitrogens with zero attached hydrogens (tertiary/aromatic N) is 2. The monoisotopic (exact) mass is 508 g/mol. The van der Waals surface area contributed by atoms with E-state index in [1.54, 1.807) is 4.57 Å². The van der Waals surface area contributed by atoms with Gasteiger partial charge in [-0.25, -0.2) is 4.98 Å². The highest BCUT2D eigenvalue weighted by molar-refractivity contribution is 14.1. The fraction of sp³-hybridized carbons (Fsp3) is 0.0833. The van der Waals surface area contributed by atoms with Crippen molar-refractivity contribution in [2.24, 2.45) is 0 Å². The summed E-state index contributed by atoms with van der Waals surface area (Å²) < 4.78 is 13.5. The van der Waals surface area contributed by atoms with Gasteiger partial charge in [-0.05, 0) is 83.6 Å². The molecule has 0 radical (unpaired) electrons. The lowest BCUT2D eigenvalue weighted by Crippen LogP contribution is -2.22. The van der Waals surface area contributed by atoms with Gasteiger partial charge >= 0.3 is 0 Å². The third-order valence-electron chi connectivity index (χ3n) is 4.97. The van der Waals surface area contributed by atoms with E-state index in [-0.39, 0.29) is 12.4 Å². The van der Waals surface area contributed by atoms with Crippen LogP contribution in [0.2, 0.25) is 0 Å². The van der Waals surface area contributed by atoms with E-state index in [1.807, 2.05) is 79.7 Å². The van der Waals surface area contributed by atoms with Crippen LogP contribution in [-0.4, -0.2) is 16.3 Å². The van der Waals surface area contributed by atoms with Gasteiger partial charge in [0.25, 0.3) is 5.56 Å². The number of benzene rings is 3. The average molecular weight is 508 g/mol. The van der Waals surface area contributed by atoms with Gasteiger partial charge in [0, 0.05) is 3.57 Å². The number of rotatable bonds is 3. The average Bonchev–Trinajstić information content (AvgIpc) is 3.22. The molecule has 1 aliphatic heterocycles. The topological polar surface area (TPSA) is 53.4 Å². The summed E-state index contributed by atoms with van der Waals surface area (Å²) in [5.74, 6) is 2.02. The highest BCUT2D eigenvalue weighted by Gasteiger charge is 2.14. The second-order valence-electron chi connectivity index (χ2n) is 7.05. The summed E-state index contributed by atoms with van der Waals surface area (Å²) in [6.45, 7) is 2.26. The third-order valence-corrected chi connectivity index (χ3v) is 5.64. The van der Waals surface area contributed by atoms with E-state index in [2.05, 4.69) is 22.6 Å². The van der Waals surface area contributed by atoms with Crippen LogP contribution in [0.1, 0.15) is 17.0 Å². The Hall–Kier alpha value is -3.13. The molecule has 1 aromatic heterocycles. The van der Waals surface area contributed by atoms with Crippen molar-refractivity contribution in [1.82, 2.24) is 9.55 Å². The van der Waals surface area contributed by atoms with E-state index < -0.39 is 0 Å². The van der Waals surface area contributed by atoms with Gasteiger partial charge in [-0.2, -0.15) is 0 Å². The summed E-state index contributed by atoms with van der Waals surface area (Å²) in [5, 5.41) is 0.600. The molecule has 1 aliphatic rings. The zero-order valence-electron chi connectivity index (χ0n) is 16.1. The van der Waals surface area contributed by atoms with E-state index >= 15 is 0 Å². The van der Waals surface area contributed by atoms with E-state index in [0.29, 0.717) is 22.5 Å². The highest BCUT2D eigenvalue weighted by Crippen LogP contribution is 2.33. The molecule has 30 heavy (non-hydrogen) atoms. The van der Waals surface area contributed by atoms with Crippen LogP contribution in [0.3, 0.4) is 0 Å². The molecular formula is C24H17IN2O3. The fourth-order valence-corrected chi connectivity index (χ4v) is 3.91. The number of ether oxygens (including phenoxy) is 2. The van der Waals surface area contributed by atoms with Crippen LogP contribution in [0.5, 0.6) is 11.5 Å². The van der Waals surface area contributed by atoms with Gasteiger partial charge in [0.2, 0.25) is 6.79 Å². The molecule has 0 amide bonds. The first-order valence-electron chi connectivity index (χ1n) is 9.45. The van der Waals surface area contributed by atoms with E-state index in [9.17, 15) is 4.79 Å². The minimum atomic E-state index is -0.0901. The maximum Gasteiger partial charge on any atom is 0.266 e. The second kappa shape index (κ2) is 7.60. The Morgan fingerprint density at radius 2 is 1.77 bits per heavy atom. The molecule has 0 aliphatic carbocycles. The molecule has 2 heterocycles. The molecule has 0 fully saturated rings. The first-order valence-corrected chi connectivity index (χ1v) is 10.5. The lowest BCUT2D eigenvalue weighted by atomic mass is 10.1. The molecule has 4 aromatic rings. The normalized spacial score (nSPS) is 12.7. The lowest BCUT2D eigenvalue weighted by Gasteiger charge is -2.12. The SMILES string of the molecule is Cc1ccc(-n2c(/C=C/c3ccc4c(c3)OCO4)nc3ccc(I)cc3c2=O)cc1. The predicted octanol–water partition coefficient (Wildman–Crippen LogP) is 5.20. The maximum atomic E-state index is 13.4. The van der Waals surface area contributed by atoms with Gasteiger partial charge in [0.1, 0.15) is 5.82 Å². The molecule has 6 heteroatoms. The number of fused-ring (bicyclic) bond motifs is 2. The van der Waals surface area contributed by atoms with Crippen LogP contribution in [0.25, 0.3) is 28.7 Å². The number of aromatic nitrogens is 2. The molecule has 0 N–H and O–H groups in total. The Morgan fingerprint density at radius 3 is 2.60 bits per heavy atom. The zero-order valence-corrected chi connectivity index (χ0v) is 18.3. The molecule has 0 saturated carbocycles.